The number of halogens is 2. The van der Waals surface area contributed by atoms with Crippen LogP contribution in [-0.2, 0) is 6.54 Å². The highest BCUT2D eigenvalue weighted by molar-refractivity contribution is 6.31. The molecule has 21 heavy (non-hydrogen) atoms. The average molecular weight is 311 g/mol. The third kappa shape index (κ3) is 3.10. The zero-order valence-electron chi connectivity index (χ0n) is 12.8. The van der Waals surface area contributed by atoms with Gasteiger partial charge in [0, 0.05) is 41.8 Å². The first-order valence-corrected chi connectivity index (χ1v) is 8.33. The minimum absolute atomic E-state index is 0.170. The van der Waals surface area contributed by atoms with E-state index in [0.29, 0.717) is 23.2 Å². The summed E-state index contributed by atoms with van der Waals surface area (Å²) < 4.78 is 14.1. The smallest absolute Gasteiger partial charge is 0.129 e. The first kappa shape index (κ1) is 15.3. The van der Waals surface area contributed by atoms with E-state index >= 15 is 0 Å². The zero-order chi connectivity index (χ0) is 15.0. The molecule has 116 valence electrons. The molecule has 0 bridgehead atoms. The van der Waals surface area contributed by atoms with E-state index in [2.05, 4.69) is 24.1 Å². The molecule has 2 atom stereocenters. The molecule has 1 heterocycles. The summed E-state index contributed by atoms with van der Waals surface area (Å²) in [5, 5.41) is 4.27. The normalized spacial score (nSPS) is 30.6. The topological polar surface area (TPSA) is 15.3 Å². The molecular weight excluding hydrogens is 287 g/mol. The molecule has 1 aliphatic heterocycles. The summed E-state index contributed by atoms with van der Waals surface area (Å²) in [6, 6.07) is 5.41. The second-order valence-electron chi connectivity index (χ2n) is 6.74. The van der Waals surface area contributed by atoms with Gasteiger partial charge in [-0.05, 0) is 44.2 Å². The van der Waals surface area contributed by atoms with Crippen LogP contribution in [-0.4, -0.2) is 29.6 Å². The van der Waals surface area contributed by atoms with Gasteiger partial charge in [-0.3, -0.25) is 4.90 Å². The van der Waals surface area contributed by atoms with Gasteiger partial charge in [-0.2, -0.15) is 0 Å². The Hall–Kier alpha value is -0.640. The van der Waals surface area contributed by atoms with Crippen molar-refractivity contribution in [2.24, 2.45) is 5.92 Å². The number of nitrogens with one attached hydrogen (secondary N) is 1. The number of piperazine rings is 1. The van der Waals surface area contributed by atoms with Crippen molar-refractivity contribution in [2.45, 2.75) is 51.2 Å². The van der Waals surface area contributed by atoms with E-state index in [9.17, 15) is 4.39 Å². The Balaban J connectivity index is 1.80. The van der Waals surface area contributed by atoms with E-state index < -0.39 is 0 Å². The van der Waals surface area contributed by atoms with Crippen molar-refractivity contribution in [1.82, 2.24) is 10.2 Å². The Labute approximate surface area is 131 Å². The molecule has 1 aromatic carbocycles. The maximum absolute atomic E-state index is 14.1. The second kappa shape index (κ2) is 5.86. The van der Waals surface area contributed by atoms with Crippen LogP contribution in [0.4, 0.5) is 4.39 Å². The number of nitrogens with zero attached hydrogens (tertiary/aromatic N) is 1. The van der Waals surface area contributed by atoms with E-state index in [4.69, 9.17) is 11.6 Å². The molecule has 1 saturated heterocycles. The van der Waals surface area contributed by atoms with Gasteiger partial charge in [-0.15, -0.1) is 0 Å². The summed E-state index contributed by atoms with van der Waals surface area (Å²) in [6.07, 6.45) is 3.70. The van der Waals surface area contributed by atoms with Crippen molar-refractivity contribution in [3.63, 3.8) is 0 Å². The molecule has 1 N–H and O–H groups in total. The summed E-state index contributed by atoms with van der Waals surface area (Å²) in [6.45, 7) is 7.07. The summed E-state index contributed by atoms with van der Waals surface area (Å²) in [5.74, 6) is 0.581. The summed E-state index contributed by atoms with van der Waals surface area (Å²) in [5.41, 5.74) is 0.807. The highest BCUT2D eigenvalue weighted by Crippen LogP contribution is 2.42. The molecule has 2 unspecified atom stereocenters. The lowest BCUT2D eigenvalue weighted by Crippen LogP contribution is -2.63. The number of rotatable bonds is 4. The van der Waals surface area contributed by atoms with Crippen molar-refractivity contribution in [1.29, 1.82) is 0 Å². The second-order valence-corrected chi connectivity index (χ2v) is 7.15. The largest absolute Gasteiger partial charge is 0.308 e. The lowest BCUT2D eigenvalue weighted by atomic mass is 9.90. The highest BCUT2D eigenvalue weighted by atomic mass is 35.5. The first-order valence-electron chi connectivity index (χ1n) is 7.95. The van der Waals surface area contributed by atoms with Gasteiger partial charge >= 0.3 is 0 Å². The van der Waals surface area contributed by atoms with Crippen LogP contribution in [0, 0.1) is 11.7 Å². The molecule has 1 saturated carbocycles. The molecule has 0 aromatic heterocycles. The molecule has 0 amide bonds. The third-order valence-electron chi connectivity index (χ3n) is 5.16. The fourth-order valence-corrected chi connectivity index (χ4v) is 3.78. The Kier molecular flexibility index (Phi) is 4.26. The van der Waals surface area contributed by atoms with Crippen molar-refractivity contribution in [3.8, 4) is 0 Å². The Morgan fingerprint density at radius 1 is 1.43 bits per heavy atom. The van der Waals surface area contributed by atoms with Gasteiger partial charge in [0.05, 0.1) is 0 Å². The number of hydrogen-bond donors (Lipinski definition) is 1. The van der Waals surface area contributed by atoms with Crippen LogP contribution in [0.25, 0.3) is 0 Å². The van der Waals surface area contributed by atoms with Gasteiger partial charge in [0.15, 0.2) is 0 Å². The standard InChI is InChI=1S/C17H24ClFN2/c1-3-13-9-20-17(2,12-7-8-12)11-21(13)10-14-15(18)5-4-6-16(14)19/h4-6,12-13,20H,3,7-11H2,1-2H3. The van der Waals surface area contributed by atoms with Crippen LogP contribution >= 0.6 is 11.6 Å². The maximum atomic E-state index is 14.1. The molecular formula is C17H24ClFN2. The molecule has 2 aliphatic rings. The van der Waals surface area contributed by atoms with Gasteiger partial charge in [0.1, 0.15) is 5.82 Å². The predicted octanol–water partition coefficient (Wildman–Crippen LogP) is 3.83. The first-order chi connectivity index (χ1) is 10.0. The average Bonchev–Trinajstić information content (AvgIpc) is 3.28. The number of benzene rings is 1. The third-order valence-corrected chi connectivity index (χ3v) is 5.52. The molecule has 0 spiro atoms. The van der Waals surface area contributed by atoms with E-state index in [1.54, 1.807) is 12.1 Å². The lowest BCUT2D eigenvalue weighted by molar-refractivity contribution is 0.0657. The molecule has 1 aliphatic carbocycles. The zero-order valence-corrected chi connectivity index (χ0v) is 13.6. The van der Waals surface area contributed by atoms with Crippen LogP contribution in [0.15, 0.2) is 18.2 Å². The fraction of sp³-hybridized carbons (Fsp3) is 0.647. The van der Waals surface area contributed by atoms with E-state index in [1.807, 2.05) is 0 Å². The minimum atomic E-state index is -0.191. The van der Waals surface area contributed by atoms with Gasteiger partial charge in [0.2, 0.25) is 0 Å². The van der Waals surface area contributed by atoms with Gasteiger partial charge in [-0.1, -0.05) is 24.6 Å². The Bertz CT molecular complexity index is 497. The fourth-order valence-electron chi connectivity index (χ4n) is 3.55. The van der Waals surface area contributed by atoms with Crippen LogP contribution in [0.1, 0.15) is 38.7 Å². The summed E-state index contributed by atoms with van der Waals surface area (Å²) >= 11 is 6.20. The van der Waals surface area contributed by atoms with Crippen LogP contribution in [0.2, 0.25) is 5.02 Å². The number of hydrogen-bond acceptors (Lipinski definition) is 2. The monoisotopic (exact) mass is 310 g/mol. The predicted molar refractivity (Wildman–Crippen MR) is 85.0 cm³/mol. The van der Waals surface area contributed by atoms with Crippen molar-refractivity contribution in [2.75, 3.05) is 13.1 Å². The summed E-state index contributed by atoms with van der Waals surface area (Å²) in [7, 11) is 0. The van der Waals surface area contributed by atoms with Crippen molar-refractivity contribution in [3.05, 3.63) is 34.6 Å². The SMILES string of the molecule is CCC1CNC(C)(C2CC2)CN1Cc1c(F)cccc1Cl. The highest BCUT2D eigenvalue weighted by Gasteiger charge is 2.45. The Morgan fingerprint density at radius 3 is 2.81 bits per heavy atom. The molecule has 1 aromatic rings. The molecule has 4 heteroatoms. The van der Waals surface area contributed by atoms with E-state index in [1.165, 1.54) is 18.9 Å². The van der Waals surface area contributed by atoms with Crippen LogP contribution < -0.4 is 5.32 Å². The van der Waals surface area contributed by atoms with Gasteiger partial charge < -0.3 is 5.32 Å². The molecule has 0 radical (unpaired) electrons. The van der Waals surface area contributed by atoms with Crippen LogP contribution in [0.3, 0.4) is 0 Å². The summed E-state index contributed by atoms with van der Waals surface area (Å²) in [4.78, 5) is 2.42. The van der Waals surface area contributed by atoms with Crippen LogP contribution in [0.5, 0.6) is 0 Å². The minimum Gasteiger partial charge on any atom is -0.308 e. The maximum Gasteiger partial charge on any atom is 0.129 e. The Morgan fingerprint density at radius 2 is 2.19 bits per heavy atom. The van der Waals surface area contributed by atoms with Crippen molar-refractivity contribution < 1.29 is 4.39 Å². The van der Waals surface area contributed by atoms with Gasteiger partial charge in [-0.25, -0.2) is 4.39 Å². The quantitative estimate of drug-likeness (QED) is 0.909. The van der Waals surface area contributed by atoms with Crippen molar-refractivity contribution >= 4 is 11.6 Å². The molecule has 3 rings (SSSR count). The lowest BCUT2D eigenvalue weighted by Gasteiger charge is -2.46. The van der Waals surface area contributed by atoms with Gasteiger partial charge in [0.25, 0.3) is 0 Å². The molecule has 2 fully saturated rings. The van der Waals surface area contributed by atoms with E-state index in [0.717, 1.165) is 25.4 Å². The molecule has 2 nitrogen and oxygen atoms in total. The van der Waals surface area contributed by atoms with E-state index in [-0.39, 0.29) is 11.4 Å².